The van der Waals surface area contributed by atoms with Crippen molar-refractivity contribution in [3.05, 3.63) is 65.7 Å². The highest BCUT2D eigenvalue weighted by atomic mass is 35.5. The van der Waals surface area contributed by atoms with E-state index >= 15 is 0 Å². The van der Waals surface area contributed by atoms with E-state index in [0.29, 0.717) is 29.5 Å². The first-order chi connectivity index (χ1) is 14.9. The summed E-state index contributed by atoms with van der Waals surface area (Å²) in [4.78, 5) is 17.8. The molecule has 1 aliphatic rings. The number of amides is 1. The van der Waals surface area contributed by atoms with Gasteiger partial charge < -0.3 is 5.32 Å². The van der Waals surface area contributed by atoms with Crippen molar-refractivity contribution >= 4 is 65.0 Å². The van der Waals surface area contributed by atoms with Crippen LogP contribution in [0.2, 0.25) is 5.02 Å². The molecule has 1 atom stereocenters. The minimum Gasteiger partial charge on any atom is -0.301 e. The predicted octanol–water partition coefficient (Wildman–Crippen LogP) is 4.89. The first kappa shape index (κ1) is 20.4. The van der Waals surface area contributed by atoms with Crippen LogP contribution in [0, 0.1) is 0 Å². The lowest BCUT2D eigenvalue weighted by molar-refractivity contribution is -0.119. The number of nitrogens with one attached hydrogen (secondary N) is 1. The van der Waals surface area contributed by atoms with Crippen molar-refractivity contribution in [2.45, 2.75) is 23.8 Å². The largest absolute Gasteiger partial charge is 0.301 e. The van der Waals surface area contributed by atoms with Crippen LogP contribution >= 0.6 is 22.9 Å². The zero-order chi connectivity index (χ0) is 21.6. The van der Waals surface area contributed by atoms with Gasteiger partial charge in [0.25, 0.3) is 0 Å². The highest BCUT2D eigenvalue weighted by Gasteiger charge is 2.39. The molecule has 3 aromatic carbocycles. The monoisotopic (exact) mass is 471 g/mol. The van der Waals surface area contributed by atoms with Gasteiger partial charge >= 0.3 is 0 Å². The first-order valence-electron chi connectivity index (χ1n) is 9.80. The summed E-state index contributed by atoms with van der Waals surface area (Å²) in [6, 6.07) is 17.2. The van der Waals surface area contributed by atoms with Crippen molar-refractivity contribution in [3.63, 3.8) is 0 Å². The molecule has 5 rings (SSSR count). The van der Waals surface area contributed by atoms with E-state index in [9.17, 15) is 13.2 Å². The molecule has 1 aliphatic heterocycles. The fraction of sp³-hybridized carbons (Fsp3) is 0.182. The molecule has 0 saturated carbocycles. The van der Waals surface area contributed by atoms with Gasteiger partial charge in [-0.25, -0.2) is 13.4 Å². The van der Waals surface area contributed by atoms with E-state index in [1.54, 1.807) is 0 Å². The third-order valence-electron chi connectivity index (χ3n) is 5.44. The summed E-state index contributed by atoms with van der Waals surface area (Å²) in [5.41, 5.74) is 0.829. The van der Waals surface area contributed by atoms with Gasteiger partial charge in [-0.05, 0) is 48.6 Å². The second-order valence-corrected chi connectivity index (χ2v) is 10.7. The van der Waals surface area contributed by atoms with E-state index in [-0.39, 0.29) is 10.8 Å². The first-order valence-corrected chi connectivity index (χ1v) is 12.4. The maximum Gasteiger partial charge on any atom is 0.244 e. The van der Waals surface area contributed by atoms with Crippen LogP contribution in [0.4, 0.5) is 5.13 Å². The Labute approximate surface area is 188 Å². The number of nitrogens with zero attached hydrogens (tertiary/aromatic N) is 2. The normalized spacial score (nSPS) is 17.4. The third kappa shape index (κ3) is 3.70. The van der Waals surface area contributed by atoms with Crippen LogP contribution in [-0.2, 0) is 14.8 Å². The van der Waals surface area contributed by atoms with Crippen molar-refractivity contribution in [1.29, 1.82) is 0 Å². The highest BCUT2D eigenvalue weighted by molar-refractivity contribution is 7.89. The highest BCUT2D eigenvalue weighted by Crippen LogP contribution is 2.33. The average Bonchev–Trinajstić information content (AvgIpc) is 3.41. The Balaban J connectivity index is 1.42. The minimum atomic E-state index is -3.80. The fourth-order valence-corrected chi connectivity index (χ4v) is 6.60. The number of halogens is 1. The predicted molar refractivity (Wildman–Crippen MR) is 124 cm³/mol. The van der Waals surface area contributed by atoms with Crippen LogP contribution in [0.15, 0.2) is 65.6 Å². The molecule has 9 heteroatoms. The van der Waals surface area contributed by atoms with E-state index in [0.717, 1.165) is 21.0 Å². The van der Waals surface area contributed by atoms with Crippen LogP contribution in [0.5, 0.6) is 0 Å². The second-order valence-electron chi connectivity index (χ2n) is 7.37. The number of carbonyl (C=O) groups excluding carboxylic acids is 1. The minimum absolute atomic E-state index is 0.128. The summed E-state index contributed by atoms with van der Waals surface area (Å²) >= 11 is 7.26. The second kappa shape index (κ2) is 7.87. The molecule has 31 heavy (non-hydrogen) atoms. The number of rotatable bonds is 4. The molecule has 0 spiro atoms. The van der Waals surface area contributed by atoms with Gasteiger partial charge in [0.15, 0.2) is 5.13 Å². The summed E-state index contributed by atoms with van der Waals surface area (Å²) in [6.07, 6.45) is 1.09. The smallest absolute Gasteiger partial charge is 0.244 e. The molecule has 1 unspecified atom stereocenters. The number of carbonyl (C=O) groups is 1. The number of thiazole rings is 1. The van der Waals surface area contributed by atoms with Crippen LogP contribution in [0.3, 0.4) is 0 Å². The lowest BCUT2D eigenvalue weighted by Crippen LogP contribution is -2.43. The topological polar surface area (TPSA) is 79.4 Å². The molecule has 1 N–H and O–H groups in total. The van der Waals surface area contributed by atoms with E-state index in [1.807, 2.05) is 36.4 Å². The molecule has 1 saturated heterocycles. The van der Waals surface area contributed by atoms with E-state index in [2.05, 4.69) is 10.3 Å². The van der Waals surface area contributed by atoms with Gasteiger partial charge in [-0.1, -0.05) is 53.3 Å². The van der Waals surface area contributed by atoms with Crippen LogP contribution in [-0.4, -0.2) is 36.2 Å². The maximum absolute atomic E-state index is 13.1. The quantitative estimate of drug-likeness (QED) is 0.459. The molecule has 158 valence electrons. The zero-order valence-electron chi connectivity index (χ0n) is 16.3. The van der Waals surface area contributed by atoms with Crippen molar-refractivity contribution in [2.75, 3.05) is 11.9 Å². The molecule has 2 heterocycles. The van der Waals surface area contributed by atoms with Crippen molar-refractivity contribution in [3.8, 4) is 0 Å². The van der Waals surface area contributed by atoms with E-state index < -0.39 is 16.1 Å². The van der Waals surface area contributed by atoms with Gasteiger partial charge in [0.1, 0.15) is 6.04 Å². The van der Waals surface area contributed by atoms with Crippen molar-refractivity contribution < 1.29 is 13.2 Å². The molecular formula is C22H18ClN3O3S2. The Kier molecular flexibility index (Phi) is 5.18. The van der Waals surface area contributed by atoms with Gasteiger partial charge in [0.2, 0.25) is 15.9 Å². The van der Waals surface area contributed by atoms with Gasteiger partial charge in [-0.15, -0.1) is 0 Å². The van der Waals surface area contributed by atoms with Crippen LogP contribution in [0.1, 0.15) is 12.8 Å². The van der Waals surface area contributed by atoms with Crippen LogP contribution in [0.25, 0.3) is 21.0 Å². The molecule has 1 fully saturated rings. The van der Waals surface area contributed by atoms with E-state index in [1.165, 1.54) is 39.9 Å². The van der Waals surface area contributed by atoms with Crippen molar-refractivity contribution in [2.24, 2.45) is 0 Å². The Bertz CT molecular complexity index is 1400. The number of fused-ring (bicyclic) bond motifs is 3. The third-order valence-corrected chi connectivity index (χ3v) is 8.55. The van der Waals surface area contributed by atoms with Crippen molar-refractivity contribution in [1.82, 2.24) is 9.29 Å². The lowest BCUT2D eigenvalue weighted by Gasteiger charge is -2.23. The Morgan fingerprint density at radius 1 is 1.10 bits per heavy atom. The molecule has 0 radical (unpaired) electrons. The number of hydrogen-bond acceptors (Lipinski definition) is 5. The summed E-state index contributed by atoms with van der Waals surface area (Å²) in [5.74, 6) is -0.363. The number of sulfonamides is 1. The standard InChI is InChI=1S/C22H18ClN3O3S2/c23-15-8-10-16(11-9-15)31(28,29)26-13-3-6-18(26)21(27)25-22-24-20-17-5-2-1-4-14(17)7-12-19(20)30-22/h1-2,4-5,7-12,18H,3,6,13H2,(H,24,25,27). The van der Waals surface area contributed by atoms with E-state index in [4.69, 9.17) is 11.6 Å². The van der Waals surface area contributed by atoms with Gasteiger partial charge in [-0.2, -0.15) is 4.31 Å². The average molecular weight is 472 g/mol. The number of anilines is 1. The molecule has 0 bridgehead atoms. The molecule has 0 aliphatic carbocycles. The van der Waals surface area contributed by atoms with Gasteiger partial charge in [-0.3, -0.25) is 4.79 Å². The molecule has 4 aromatic rings. The maximum atomic E-state index is 13.1. The Morgan fingerprint density at radius 2 is 1.87 bits per heavy atom. The Hall–Kier alpha value is -2.52. The summed E-state index contributed by atoms with van der Waals surface area (Å²) in [7, 11) is -3.80. The molecule has 1 aromatic heterocycles. The summed E-state index contributed by atoms with van der Waals surface area (Å²) < 4.78 is 28.4. The molecule has 1 amide bonds. The number of benzene rings is 3. The summed E-state index contributed by atoms with van der Waals surface area (Å²) in [5, 5.41) is 5.86. The summed E-state index contributed by atoms with van der Waals surface area (Å²) in [6.45, 7) is 0.299. The zero-order valence-corrected chi connectivity index (χ0v) is 18.7. The number of hydrogen-bond donors (Lipinski definition) is 1. The number of aromatic nitrogens is 1. The van der Waals surface area contributed by atoms with Gasteiger partial charge in [0.05, 0.1) is 15.1 Å². The lowest BCUT2D eigenvalue weighted by atomic mass is 10.1. The fourth-order valence-electron chi connectivity index (χ4n) is 3.94. The van der Waals surface area contributed by atoms with Gasteiger partial charge in [0, 0.05) is 17.0 Å². The molecular weight excluding hydrogens is 454 g/mol. The Morgan fingerprint density at radius 3 is 2.68 bits per heavy atom. The van der Waals surface area contributed by atoms with Crippen LogP contribution < -0.4 is 5.32 Å². The SMILES string of the molecule is O=C(Nc1nc2c(ccc3ccccc32)s1)C1CCCN1S(=O)(=O)c1ccc(Cl)cc1. The molecule has 6 nitrogen and oxygen atoms in total.